The zero-order valence-corrected chi connectivity index (χ0v) is 17.2. The van der Waals surface area contributed by atoms with Gasteiger partial charge in [0, 0.05) is 0 Å². The fourth-order valence-corrected chi connectivity index (χ4v) is 2.84. The molecule has 0 saturated carbocycles. The maximum absolute atomic E-state index is 12.0. The molecular weight excluding hydrogens is 457 g/mol. The van der Waals surface area contributed by atoms with E-state index in [9.17, 15) is 9.59 Å². The van der Waals surface area contributed by atoms with Crippen molar-refractivity contribution in [3.63, 3.8) is 0 Å². The summed E-state index contributed by atoms with van der Waals surface area (Å²) in [5, 5.41) is 0. The summed E-state index contributed by atoms with van der Waals surface area (Å²) in [6.45, 7) is 0. The molecule has 2 N–H and O–H groups in total. The van der Waals surface area contributed by atoms with Crippen molar-refractivity contribution in [2.75, 3.05) is 20.0 Å². The predicted molar refractivity (Wildman–Crippen MR) is 116 cm³/mol. The highest BCUT2D eigenvalue weighted by Crippen LogP contribution is 2.23. The van der Waals surface area contributed by atoms with Crippen molar-refractivity contribution in [3.8, 4) is 11.5 Å². The molecule has 2 aromatic rings. The van der Waals surface area contributed by atoms with Crippen molar-refractivity contribution in [3.05, 3.63) is 63.2 Å². The number of halogens is 1. The van der Waals surface area contributed by atoms with Crippen LogP contribution in [0.1, 0.15) is 17.5 Å². The third-order valence-corrected chi connectivity index (χ3v) is 4.60. The second kappa shape index (κ2) is 9.91. The number of hydrogen-bond donors (Lipinski definition) is 1. The molecule has 0 spiro atoms. The van der Waals surface area contributed by atoms with E-state index in [1.54, 1.807) is 37.5 Å². The quantitative estimate of drug-likeness (QED) is 0.268. The maximum Gasteiger partial charge on any atom is 0.163 e. The van der Waals surface area contributed by atoms with Crippen LogP contribution in [0, 0.1) is 3.57 Å². The van der Waals surface area contributed by atoms with Crippen molar-refractivity contribution in [1.82, 2.24) is 0 Å². The number of ether oxygens (including phenoxy) is 2. The zero-order chi connectivity index (χ0) is 19.8. The molecule has 5 nitrogen and oxygen atoms in total. The molecule has 0 aliphatic rings. The fourth-order valence-electron chi connectivity index (χ4n) is 2.28. The Kier molecular flexibility index (Phi) is 7.60. The first-order valence-corrected chi connectivity index (χ1v) is 9.19. The molecule has 0 aliphatic carbocycles. The Labute approximate surface area is 172 Å². The van der Waals surface area contributed by atoms with Gasteiger partial charge in [-0.05, 0) is 70.1 Å². The summed E-state index contributed by atoms with van der Waals surface area (Å²) in [5.74, 6) is 0.734. The monoisotopic (exact) mass is 477 g/mol. The first kappa shape index (κ1) is 20.7. The highest BCUT2D eigenvalue weighted by molar-refractivity contribution is 14.1. The van der Waals surface area contributed by atoms with Crippen LogP contribution in [0.4, 0.5) is 5.69 Å². The highest BCUT2D eigenvalue weighted by Gasteiger charge is 2.05. The number of allylic oxidation sites excluding steroid dienone is 2. The molecule has 0 heterocycles. The lowest BCUT2D eigenvalue weighted by Crippen LogP contribution is -2.02. The van der Waals surface area contributed by atoms with Crippen LogP contribution in [0.25, 0.3) is 12.2 Å². The third-order valence-electron chi connectivity index (χ3n) is 3.70. The van der Waals surface area contributed by atoms with Gasteiger partial charge in [0.05, 0.1) is 29.9 Å². The van der Waals surface area contributed by atoms with E-state index in [1.165, 1.54) is 19.3 Å². The van der Waals surface area contributed by atoms with Crippen LogP contribution < -0.4 is 15.2 Å². The highest BCUT2D eigenvalue weighted by atomic mass is 127. The molecule has 6 heteroatoms. The van der Waals surface area contributed by atoms with Gasteiger partial charge in [0.15, 0.2) is 11.6 Å². The van der Waals surface area contributed by atoms with Gasteiger partial charge < -0.3 is 15.2 Å². The van der Waals surface area contributed by atoms with Crippen LogP contribution >= 0.6 is 22.6 Å². The van der Waals surface area contributed by atoms with Gasteiger partial charge in [-0.2, -0.15) is 0 Å². The average molecular weight is 477 g/mol. The third kappa shape index (κ3) is 6.25. The van der Waals surface area contributed by atoms with E-state index in [-0.39, 0.29) is 18.0 Å². The smallest absolute Gasteiger partial charge is 0.163 e. The van der Waals surface area contributed by atoms with Gasteiger partial charge in [-0.1, -0.05) is 24.3 Å². The van der Waals surface area contributed by atoms with Crippen LogP contribution in [0.3, 0.4) is 0 Å². The number of benzene rings is 2. The summed E-state index contributed by atoms with van der Waals surface area (Å²) < 4.78 is 11.4. The van der Waals surface area contributed by atoms with E-state index in [4.69, 9.17) is 15.2 Å². The summed E-state index contributed by atoms with van der Waals surface area (Å²) in [5.41, 5.74) is 7.87. The van der Waals surface area contributed by atoms with Crippen molar-refractivity contribution >= 4 is 52.0 Å². The number of carbonyl (C=O) groups excluding carboxylic acids is 2. The SMILES string of the molecule is COc1cc(/C=C/C(=O)CC(=O)/C=C/c2ccc(I)c(OC)c2)ccc1N. The first-order chi connectivity index (χ1) is 12.9. The Balaban J connectivity index is 1.96. The largest absolute Gasteiger partial charge is 0.496 e. The van der Waals surface area contributed by atoms with E-state index in [0.717, 1.165) is 20.4 Å². The molecular formula is C21H20INO4. The number of anilines is 1. The normalized spacial score (nSPS) is 11.1. The van der Waals surface area contributed by atoms with Crippen LogP contribution in [-0.4, -0.2) is 25.8 Å². The molecule has 0 aliphatic heterocycles. The second-order valence-electron chi connectivity index (χ2n) is 5.67. The fraction of sp³-hybridized carbons (Fsp3) is 0.143. The van der Waals surface area contributed by atoms with Crippen LogP contribution in [0.5, 0.6) is 11.5 Å². The Hall–Kier alpha value is -2.61. The maximum atomic E-state index is 12.0. The van der Waals surface area contributed by atoms with Gasteiger partial charge in [0.1, 0.15) is 11.5 Å². The summed E-state index contributed by atoms with van der Waals surface area (Å²) in [7, 11) is 3.12. The van der Waals surface area contributed by atoms with E-state index in [2.05, 4.69) is 22.6 Å². The second-order valence-corrected chi connectivity index (χ2v) is 6.83. The topological polar surface area (TPSA) is 78.6 Å². The van der Waals surface area contributed by atoms with Crippen LogP contribution in [-0.2, 0) is 9.59 Å². The number of hydrogen-bond acceptors (Lipinski definition) is 5. The minimum atomic E-state index is -0.277. The Bertz CT molecular complexity index is 830. The van der Waals surface area contributed by atoms with Crippen molar-refractivity contribution < 1.29 is 19.1 Å². The summed E-state index contributed by atoms with van der Waals surface area (Å²) in [6.07, 6.45) is 5.89. The van der Waals surface area contributed by atoms with E-state index >= 15 is 0 Å². The molecule has 2 rings (SSSR count). The van der Waals surface area contributed by atoms with E-state index in [0.29, 0.717) is 11.4 Å². The lowest BCUT2D eigenvalue weighted by Gasteiger charge is -2.04. The van der Waals surface area contributed by atoms with Crippen molar-refractivity contribution in [2.24, 2.45) is 0 Å². The molecule has 0 radical (unpaired) electrons. The van der Waals surface area contributed by atoms with Crippen molar-refractivity contribution in [1.29, 1.82) is 0 Å². The lowest BCUT2D eigenvalue weighted by molar-refractivity contribution is -0.121. The predicted octanol–water partition coefficient (Wildman–Crippen LogP) is 4.15. The molecule has 0 atom stereocenters. The minimum Gasteiger partial charge on any atom is -0.496 e. The number of rotatable bonds is 8. The number of nitrogens with two attached hydrogens (primary N) is 1. The Morgan fingerprint density at radius 3 is 2.00 bits per heavy atom. The molecule has 27 heavy (non-hydrogen) atoms. The number of carbonyl (C=O) groups is 2. The first-order valence-electron chi connectivity index (χ1n) is 8.12. The Morgan fingerprint density at radius 1 is 0.926 bits per heavy atom. The molecule has 0 fully saturated rings. The summed E-state index contributed by atoms with van der Waals surface area (Å²) in [6, 6.07) is 10.8. The van der Waals surface area contributed by atoms with E-state index < -0.39 is 0 Å². The molecule has 140 valence electrons. The van der Waals surface area contributed by atoms with Crippen LogP contribution in [0.15, 0.2) is 48.6 Å². The van der Waals surface area contributed by atoms with Crippen LogP contribution in [0.2, 0.25) is 0 Å². The zero-order valence-electron chi connectivity index (χ0n) is 15.1. The standard InChI is InChI=1S/C21H20INO4/c1-26-20-11-14(5-9-18(20)22)3-7-16(24)13-17(25)8-4-15-6-10-19(23)21(12-15)27-2/h3-12H,13,23H2,1-2H3/b7-3+,8-4+. The van der Waals surface area contributed by atoms with Gasteiger partial charge >= 0.3 is 0 Å². The van der Waals surface area contributed by atoms with E-state index in [1.807, 2.05) is 18.2 Å². The van der Waals surface area contributed by atoms with Crippen molar-refractivity contribution in [2.45, 2.75) is 6.42 Å². The van der Waals surface area contributed by atoms with Gasteiger partial charge in [-0.15, -0.1) is 0 Å². The minimum absolute atomic E-state index is 0.194. The summed E-state index contributed by atoms with van der Waals surface area (Å²) in [4.78, 5) is 24.0. The van der Waals surface area contributed by atoms with Gasteiger partial charge in [-0.3, -0.25) is 9.59 Å². The lowest BCUT2D eigenvalue weighted by atomic mass is 10.1. The van der Waals surface area contributed by atoms with Gasteiger partial charge in [0.2, 0.25) is 0 Å². The number of ketones is 2. The van der Waals surface area contributed by atoms with Gasteiger partial charge in [-0.25, -0.2) is 0 Å². The molecule has 0 aromatic heterocycles. The molecule has 0 amide bonds. The molecule has 0 unspecified atom stereocenters. The number of methoxy groups -OCH3 is 2. The average Bonchev–Trinajstić information content (AvgIpc) is 2.66. The molecule has 2 aromatic carbocycles. The van der Waals surface area contributed by atoms with Gasteiger partial charge in [0.25, 0.3) is 0 Å². The number of nitrogen functional groups attached to an aromatic ring is 1. The molecule has 0 bridgehead atoms. The summed E-state index contributed by atoms with van der Waals surface area (Å²) >= 11 is 2.17. The molecule has 0 saturated heterocycles. The Morgan fingerprint density at radius 2 is 1.44 bits per heavy atom.